The Balaban J connectivity index is 1.37. The van der Waals surface area contributed by atoms with Gasteiger partial charge in [-0.1, -0.05) is 61.8 Å². The summed E-state index contributed by atoms with van der Waals surface area (Å²) in [6.07, 6.45) is 11.5. The minimum absolute atomic E-state index is 0.752. The van der Waals surface area contributed by atoms with E-state index in [1.807, 2.05) is 24.3 Å². The van der Waals surface area contributed by atoms with E-state index in [0.29, 0.717) is 0 Å². The van der Waals surface area contributed by atoms with Crippen molar-refractivity contribution in [2.24, 2.45) is 17.8 Å². The van der Waals surface area contributed by atoms with Crippen LogP contribution in [0.1, 0.15) is 80.9 Å². The smallest absolute Gasteiger partial charge is 0.0406 e. The molecule has 0 N–H and O–H groups in total. The molecule has 2 aliphatic rings. The second-order valence-electron chi connectivity index (χ2n) is 8.88. The lowest BCUT2D eigenvalue weighted by Gasteiger charge is -2.42. The highest BCUT2D eigenvalue weighted by Gasteiger charge is 2.35. The molecule has 28 heavy (non-hydrogen) atoms. The summed E-state index contributed by atoms with van der Waals surface area (Å²) < 4.78 is 0. The molecule has 0 heterocycles. The molecule has 0 amide bonds. The van der Waals surface area contributed by atoms with Crippen molar-refractivity contribution < 1.29 is 0 Å². The molecule has 146 valence electrons. The maximum absolute atomic E-state index is 5.94. The highest BCUT2D eigenvalue weighted by atomic mass is 35.5. The van der Waals surface area contributed by atoms with Gasteiger partial charge in [0, 0.05) is 16.1 Å². The summed E-state index contributed by atoms with van der Waals surface area (Å²) in [5, 5.41) is 0.753. The largest absolute Gasteiger partial charge is 0.0843 e. The Morgan fingerprint density at radius 2 is 1.39 bits per heavy atom. The fourth-order valence-corrected chi connectivity index (χ4v) is 5.60. The average molecular weight is 391 g/mol. The standard InChI is InChI=1S/C27H31Cl/c1-2-3-22-8-13-26-19-25(15-14-24(26)18-22)23-11-6-20(7-12-23)4-5-21-9-16-27(28)17-10-21/h6-7,9-12,16-17,22,24-26H,2-3,8,13-15,18-19H2,1H3/t22?,24-,25-,26-/m1/s1. The van der Waals surface area contributed by atoms with Gasteiger partial charge in [-0.3, -0.25) is 0 Å². The van der Waals surface area contributed by atoms with Crippen LogP contribution < -0.4 is 0 Å². The van der Waals surface area contributed by atoms with E-state index in [1.165, 1.54) is 56.9 Å². The van der Waals surface area contributed by atoms with Gasteiger partial charge in [0.15, 0.2) is 0 Å². The molecular formula is C27H31Cl. The number of benzene rings is 2. The molecule has 2 aliphatic carbocycles. The number of halogens is 1. The van der Waals surface area contributed by atoms with E-state index in [9.17, 15) is 0 Å². The van der Waals surface area contributed by atoms with Gasteiger partial charge >= 0.3 is 0 Å². The number of fused-ring (bicyclic) bond motifs is 1. The first-order valence-corrected chi connectivity index (χ1v) is 11.5. The lowest BCUT2D eigenvalue weighted by Crippen LogP contribution is -2.30. The highest BCUT2D eigenvalue weighted by molar-refractivity contribution is 6.30. The first-order valence-electron chi connectivity index (χ1n) is 11.1. The minimum Gasteiger partial charge on any atom is -0.0843 e. The Kier molecular flexibility index (Phi) is 6.43. The Bertz CT molecular complexity index is 821. The van der Waals surface area contributed by atoms with Crippen LogP contribution in [0.15, 0.2) is 48.5 Å². The molecule has 1 unspecified atom stereocenters. The lowest BCUT2D eigenvalue weighted by atomic mass is 9.63. The molecule has 2 saturated carbocycles. The van der Waals surface area contributed by atoms with Gasteiger partial charge in [0.25, 0.3) is 0 Å². The first-order chi connectivity index (χ1) is 13.7. The highest BCUT2D eigenvalue weighted by Crippen LogP contribution is 2.48. The summed E-state index contributed by atoms with van der Waals surface area (Å²) >= 11 is 5.94. The third kappa shape index (κ3) is 4.82. The van der Waals surface area contributed by atoms with E-state index >= 15 is 0 Å². The molecule has 4 rings (SSSR count). The van der Waals surface area contributed by atoms with Crippen LogP contribution in [0.5, 0.6) is 0 Å². The van der Waals surface area contributed by atoms with Gasteiger partial charge in [-0.05, 0) is 97.7 Å². The van der Waals surface area contributed by atoms with Crippen molar-refractivity contribution in [1.82, 2.24) is 0 Å². The van der Waals surface area contributed by atoms with Crippen LogP contribution in [0.2, 0.25) is 5.02 Å². The van der Waals surface area contributed by atoms with Gasteiger partial charge in [0.2, 0.25) is 0 Å². The molecule has 0 radical (unpaired) electrons. The van der Waals surface area contributed by atoms with E-state index in [0.717, 1.165) is 39.8 Å². The topological polar surface area (TPSA) is 0 Å². The fraction of sp³-hybridized carbons (Fsp3) is 0.481. The normalized spacial score (nSPS) is 26.8. The molecule has 1 heteroatoms. The van der Waals surface area contributed by atoms with E-state index in [2.05, 4.69) is 43.0 Å². The van der Waals surface area contributed by atoms with Crippen molar-refractivity contribution in [3.05, 3.63) is 70.2 Å². The summed E-state index contributed by atoms with van der Waals surface area (Å²) in [4.78, 5) is 0. The van der Waals surface area contributed by atoms with Gasteiger partial charge in [0.05, 0.1) is 0 Å². The third-order valence-corrected chi connectivity index (χ3v) is 7.25. The van der Waals surface area contributed by atoms with Gasteiger partial charge in [-0.2, -0.15) is 0 Å². The van der Waals surface area contributed by atoms with Crippen molar-refractivity contribution >= 4 is 11.6 Å². The van der Waals surface area contributed by atoms with E-state index in [4.69, 9.17) is 11.6 Å². The molecule has 0 spiro atoms. The van der Waals surface area contributed by atoms with Crippen molar-refractivity contribution in [2.75, 3.05) is 0 Å². The number of rotatable bonds is 3. The van der Waals surface area contributed by atoms with Crippen LogP contribution in [0.4, 0.5) is 0 Å². The van der Waals surface area contributed by atoms with Crippen LogP contribution in [-0.4, -0.2) is 0 Å². The summed E-state index contributed by atoms with van der Waals surface area (Å²) in [5.41, 5.74) is 3.61. The Morgan fingerprint density at radius 1 is 0.786 bits per heavy atom. The van der Waals surface area contributed by atoms with Gasteiger partial charge in [-0.15, -0.1) is 0 Å². The first kappa shape index (κ1) is 19.6. The average Bonchev–Trinajstić information content (AvgIpc) is 2.74. The maximum atomic E-state index is 5.94. The second-order valence-corrected chi connectivity index (χ2v) is 9.31. The summed E-state index contributed by atoms with van der Waals surface area (Å²) in [6, 6.07) is 16.8. The van der Waals surface area contributed by atoms with Crippen molar-refractivity contribution in [2.45, 2.75) is 64.2 Å². The predicted molar refractivity (Wildman–Crippen MR) is 120 cm³/mol. The van der Waals surface area contributed by atoms with E-state index in [-0.39, 0.29) is 0 Å². The Labute approximate surface area is 175 Å². The summed E-state index contributed by atoms with van der Waals surface area (Å²) in [7, 11) is 0. The van der Waals surface area contributed by atoms with Crippen LogP contribution in [0, 0.1) is 29.6 Å². The van der Waals surface area contributed by atoms with Crippen LogP contribution >= 0.6 is 11.6 Å². The van der Waals surface area contributed by atoms with Crippen LogP contribution in [-0.2, 0) is 0 Å². The zero-order valence-corrected chi connectivity index (χ0v) is 17.7. The number of hydrogen-bond acceptors (Lipinski definition) is 0. The molecule has 0 aromatic heterocycles. The van der Waals surface area contributed by atoms with Crippen molar-refractivity contribution in [1.29, 1.82) is 0 Å². The Hall–Kier alpha value is -1.71. The maximum Gasteiger partial charge on any atom is 0.0406 e. The number of hydrogen-bond donors (Lipinski definition) is 0. The SMILES string of the molecule is CCCC1CC[C@@H]2C[C@H](c3ccc(C#Cc4ccc(Cl)cc4)cc3)CC[C@@H]2C1. The molecule has 0 saturated heterocycles. The van der Waals surface area contributed by atoms with Crippen LogP contribution in [0.25, 0.3) is 0 Å². The molecule has 2 aromatic carbocycles. The van der Waals surface area contributed by atoms with Crippen molar-refractivity contribution in [3.63, 3.8) is 0 Å². The summed E-state index contributed by atoms with van der Waals surface area (Å²) in [6.45, 7) is 2.34. The minimum atomic E-state index is 0.752. The molecule has 0 aliphatic heterocycles. The van der Waals surface area contributed by atoms with E-state index < -0.39 is 0 Å². The molecular weight excluding hydrogens is 360 g/mol. The quantitative estimate of drug-likeness (QED) is 0.468. The van der Waals surface area contributed by atoms with E-state index in [1.54, 1.807) is 0 Å². The third-order valence-electron chi connectivity index (χ3n) is 7.00. The molecule has 4 atom stereocenters. The van der Waals surface area contributed by atoms with Gasteiger partial charge in [0.1, 0.15) is 0 Å². The predicted octanol–water partition coefficient (Wildman–Crippen LogP) is 7.84. The van der Waals surface area contributed by atoms with Gasteiger partial charge < -0.3 is 0 Å². The second kappa shape index (κ2) is 9.19. The fourth-order valence-electron chi connectivity index (χ4n) is 5.48. The monoisotopic (exact) mass is 390 g/mol. The molecule has 2 aromatic rings. The summed E-state index contributed by atoms with van der Waals surface area (Å²) in [5.74, 6) is 10.3. The zero-order chi connectivity index (χ0) is 19.3. The van der Waals surface area contributed by atoms with Gasteiger partial charge in [-0.25, -0.2) is 0 Å². The van der Waals surface area contributed by atoms with Crippen LogP contribution in [0.3, 0.4) is 0 Å². The molecule has 0 bridgehead atoms. The zero-order valence-electron chi connectivity index (χ0n) is 17.0. The van der Waals surface area contributed by atoms with Crippen molar-refractivity contribution in [3.8, 4) is 11.8 Å². The molecule has 0 nitrogen and oxygen atoms in total. The lowest BCUT2D eigenvalue weighted by molar-refractivity contribution is 0.114. The Morgan fingerprint density at radius 3 is 2.07 bits per heavy atom. The molecule has 2 fully saturated rings.